The number of carbonyl (C=O) groups excluding carboxylic acids is 3. The number of hydrogen-bond acceptors (Lipinski definition) is 7. The molecule has 0 fully saturated rings. The first-order valence-corrected chi connectivity index (χ1v) is 9.91. The molecule has 164 valence electrons. The van der Waals surface area contributed by atoms with Crippen molar-refractivity contribution >= 4 is 46.1 Å². The maximum absolute atomic E-state index is 12.1. The normalized spacial score (nSPS) is 11.2. The molecule has 5 N–H and O–H groups in total. The maximum Gasteiger partial charge on any atom is 0.321 e. The van der Waals surface area contributed by atoms with Crippen LogP contribution >= 0.6 is 11.3 Å². The summed E-state index contributed by atoms with van der Waals surface area (Å²) in [5, 5.41) is 26.6. The minimum absolute atomic E-state index is 0.0310. The predicted octanol–water partition coefficient (Wildman–Crippen LogP) is 1.33. The van der Waals surface area contributed by atoms with Crippen LogP contribution < -0.4 is 16.0 Å². The highest BCUT2D eigenvalue weighted by Gasteiger charge is 2.24. The second-order valence-electron chi connectivity index (χ2n) is 6.39. The van der Waals surface area contributed by atoms with E-state index in [-0.39, 0.29) is 10.8 Å². The zero-order valence-electron chi connectivity index (χ0n) is 16.2. The summed E-state index contributed by atoms with van der Waals surface area (Å²) >= 11 is 1.01. The molecule has 2 rings (SSSR count). The lowest BCUT2D eigenvalue weighted by Crippen LogP contribution is -2.32. The second kappa shape index (κ2) is 11.4. The van der Waals surface area contributed by atoms with Gasteiger partial charge < -0.3 is 20.8 Å². The standard InChI is InChI=1S/C19H20N4O7S/c24-13(6-12(17(28)29)7-15(25)26)9-20-16(27)14-10-31-19(22-14)23-18(30)21-8-11-4-2-1-3-5-11/h1-5,10,12H,6-9H2,(H,20,27)(H,25,26)(H,28,29)(H2,21,22,23,30). The molecule has 0 spiro atoms. The summed E-state index contributed by atoms with van der Waals surface area (Å²) in [6.45, 7) is -0.160. The Labute approximate surface area is 180 Å². The van der Waals surface area contributed by atoms with Crippen LogP contribution in [0.4, 0.5) is 9.93 Å². The Morgan fingerprint density at radius 2 is 1.71 bits per heavy atom. The van der Waals surface area contributed by atoms with Gasteiger partial charge in [0.25, 0.3) is 5.91 Å². The number of carboxylic acids is 2. The first-order chi connectivity index (χ1) is 14.7. The van der Waals surface area contributed by atoms with Crippen LogP contribution in [0.2, 0.25) is 0 Å². The summed E-state index contributed by atoms with van der Waals surface area (Å²) in [6.07, 6.45) is -1.21. The Balaban J connectivity index is 1.79. The number of amides is 3. The van der Waals surface area contributed by atoms with Crippen molar-refractivity contribution in [2.24, 2.45) is 5.92 Å². The molecular formula is C19H20N4O7S. The quantitative estimate of drug-likeness (QED) is 0.342. The molecule has 1 unspecified atom stereocenters. The minimum Gasteiger partial charge on any atom is -0.481 e. The Morgan fingerprint density at radius 3 is 2.35 bits per heavy atom. The number of carbonyl (C=O) groups is 5. The van der Waals surface area contributed by atoms with Gasteiger partial charge in [-0.25, -0.2) is 9.78 Å². The van der Waals surface area contributed by atoms with E-state index in [4.69, 9.17) is 10.2 Å². The number of hydrogen-bond donors (Lipinski definition) is 5. The number of aliphatic carboxylic acids is 2. The number of Topliss-reactive ketones (excluding diaryl/α,β-unsaturated/α-hetero) is 1. The van der Waals surface area contributed by atoms with E-state index in [1.807, 2.05) is 30.3 Å². The van der Waals surface area contributed by atoms with Crippen LogP contribution in [0.25, 0.3) is 0 Å². The smallest absolute Gasteiger partial charge is 0.321 e. The highest BCUT2D eigenvalue weighted by atomic mass is 32.1. The van der Waals surface area contributed by atoms with Crippen molar-refractivity contribution in [1.29, 1.82) is 0 Å². The van der Waals surface area contributed by atoms with Crippen molar-refractivity contribution in [3.63, 3.8) is 0 Å². The Hall–Kier alpha value is -3.80. The molecule has 0 saturated heterocycles. The monoisotopic (exact) mass is 448 g/mol. The van der Waals surface area contributed by atoms with Crippen LogP contribution in [-0.2, 0) is 20.9 Å². The number of aromatic nitrogens is 1. The van der Waals surface area contributed by atoms with Crippen LogP contribution in [-0.4, -0.2) is 51.4 Å². The molecule has 0 aliphatic rings. The molecule has 3 amide bonds. The number of thiazole rings is 1. The molecule has 12 heteroatoms. The molecule has 1 aromatic carbocycles. The van der Waals surface area contributed by atoms with E-state index in [0.29, 0.717) is 6.54 Å². The Kier molecular flexibility index (Phi) is 8.64. The van der Waals surface area contributed by atoms with E-state index in [0.717, 1.165) is 16.9 Å². The molecule has 1 aromatic heterocycles. The summed E-state index contributed by atoms with van der Waals surface area (Å²) in [4.78, 5) is 61.5. The van der Waals surface area contributed by atoms with Crippen LogP contribution in [0.1, 0.15) is 28.9 Å². The van der Waals surface area contributed by atoms with Crippen LogP contribution in [0, 0.1) is 5.92 Å². The van der Waals surface area contributed by atoms with E-state index in [1.54, 1.807) is 0 Å². The lowest BCUT2D eigenvalue weighted by molar-refractivity contribution is -0.149. The van der Waals surface area contributed by atoms with Crippen molar-refractivity contribution in [1.82, 2.24) is 15.6 Å². The first kappa shape index (κ1) is 23.5. The van der Waals surface area contributed by atoms with Crippen molar-refractivity contribution in [2.75, 3.05) is 11.9 Å². The van der Waals surface area contributed by atoms with Gasteiger partial charge in [-0.15, -0.1) is 11.3 Å². The summed E-state index contributed by atoms with van der Waals surface area (Å²) in [5.74, 6) is -5.42. The zero-order chi connectivity index (χ0) is 22.8. The molecule has 0 saturated carbocycles. The van der Waals surface area contributed by atoms with Gasteiger partial charge in [-0.3, -0.25) is 24.5 Å². The number of ketones is 1. The summed E-state index contributed by atoms with van der Waals surface area (Å²) in [7, 11) is 0. The van der Waals surface area contributed by atoms with Gasteiger partial charge in [0.05, 0.1) is 18.9 Å². The van der Waals surface area contributed by atoms with Gasteiger partial charge in [-0.1, -0.05) is 30.3 Å². The fourth-order valence-corrected chi connectivity index (χ4v) is 3.11. The summed E-state index contributed by atoms with van der Waals surface area (Å²) < 4.78 is 0. The molecule has 0 radical (unpaired) electrons. The van der Waals surface area contributed by atoms with Crippen LogP contribution in [0.3, 0.4) is 0 Å². The van der Waals surface area contributed by atoms with E-state index in [2.05, 4.69) is 20.9 Å². The lowest BCUT2D eigenvalue weighted by atomic mass is 9.99. The molecule has 11 nitrogen and oxygen atoms in total. The number of benzene rings is 1. The highest BCUT2D eigenvalue weighted by Crippen LogP contribution is 2.15. The third-order valence-electron chi connectivity index (χ3n) is 3.94. The number of nitrogens with zero attached hydrogens (tertiary/aromatic N) is 1. The first-order valence-electron chi connectivity index (χ1n) is 9.03. The van der Waals surface area contributed by atoms with E-state index in [9.17, 15) is 24.0 Å². The van der Waals surface area contributed by atoms with Gasteiger partial charge in [-0.2, -0.15) is 0 Å². The maximum atomic E-state index is 12.1. The van der Waals surface area contributed by atoms with Gasteiger partial charge >= 0.3 is 18.0 Å². The SMILES string of the molecule is O=C(O)CC(CC(=O)CNC(=O)c1csc(NC(=O)NCc2ccccc2)n1)C(=O)O. The Morgan fingerprint density at radius 1 is 1.00 bits per heavy atom. The van der Waals surface area contributed by atoms with Crippen molar-refractivity contribution in [3.8, 4) is 0 Å². The van der Waals surface area contributed by atoms with Crippen molar-refractivity contribution in [2.45, 2.75) is 19.4 Å². The number of nitrogens with one attached hydrogen (secondary N) is 3. The molecule has 1 heterocycles. The average Bonchev–Trinajstić information content (AvgIpc) is 3.19. The van der Waals surface area contributed by atoms with Crippen LogP contribution in [0.15, 0.2) is 35.7 Å². The molecule has 0 bridgehead atoms. The lowest BCUT2D eigenvalue weighted by Gasteiger charge is -2.09. The molecule has 0 aliphatic carbocycles. The Bertz CT molecular complexity index is 961. The molecule has 31 heavy (non-hydrogen) atoms. The van der Waals surface area contributed by atoms with Gasteiger partial charge in [-0.05, 0) is 5.56 Å². The fourth-order valence-electron chi connectivity index (χ4n) is 2.43. The fraction of sp³-hybridized carbons (Fsp3) is 0.263. The molecule has 2 aromatic rings. The third-order valence-corrected chi connectivity index (χ3v) is 4.70. The predicted molar refractivity (Wildman–Crippen MR) is 110 cm³/mol. The minimum atomic E-state index is -1.40. The van der Waals surface area contributed by atoms with Crippen molar-refractivity contribution < 1.29 is 34.2 Å². The summed E-state index contributed by atoms with van der Waals surface area (Å²) in [5.41, 5.74) is 0.881. The third kappa shape index (κ3) is 8.22. The number of anilines is 1. The number of carboxylic acid groups (broad SMARTS) is 2. The number of urea groups is 1. The van der Waals surface area contributed by atoms with E-state index >= 15 is 0 Å². The molecular weight excluding hydrogens is 428 g/mol. The van der Waals surface area contributed by atoms with Gasteiger partial charge in [0.15, 0.2) is 10.9 Å². The van der Waals surface area contributed by atoms with E-state index < -0.39 is 55.0 Å². The zero-order valence-corrected chi connectivity index (χ0v) is 17.0. The van der Waals surface area contributed by atoms with Gasteiger partial charge in [0, 0.05) is 18.3 Å². The number of rotatable bonds is 11. The largest absolute Gasteiger partial charge is 0.481 e. The average molecular weight is 448 g/mol. The van der Waals surface area contributed by atoms with Gasteiger partial charge in [0.2, 0.25) is 0 Å². The summed E-state index contributed by atoms with van der Waals surface area (Å²) in [6, 6.07) is 8.76. The topological polar surface area (TPSA) is 175 Å². The highest BCUT2D eigenvalue weighted by molar-refractivity contribution is 7.14. The van der Waals surface area contributed by atoms with Crippen LogP contribution in [0.5, 0.6) is 0 Å². The molecule has 0 aliphatic heterocycles. The second-order valence-corrected chi connectivity index (χ2v) is 7.25. The van der Waals surface area contributed by atoms with Crippen molar-refractivity contribution in [3.05, 3.63) is 47.0 Å². The molecule has 1 atom stereocenters. The van der Waals surface area contributed by atoms with Gasteiger partial charge in [0.1, 0.15) is 5.69 Å². The van der Waals surface area contributed by atoms with E-state index in [1.165, 1.54) is 5.38 Å².